The van der Waals surface area contributed by atoms with Gasteiger partial charge in [-0.1, -0.05) is 0 Å². The van der Waals surface area contributed by atoms with Gasteiger partial charge in [-0.25, -0.2) is 0 Å². The minimum atomic E-state index is 0.457. The molecule has 2 N–H and O–H groups in total. The van der Waals surface area contributed by atoms with Crippen molar-refractivity contribution in [1.29, 1.82) is 0 Å². The third-order valence-electron chi connectivity index (χ3n) is 0.537. The quantitative estimate of drug-likeness (QED) is 0.385. The van der Waals surface area contributed by atoms with Crippen molar-refractivity contribution in [3.8, 4) is 0 Å². The van der Waals surface area contributed by atoms with E-state index in [1.807, 2.05) is 0 Å². The van der Waals surface area contributed by atoms with E-state index in [-0.39, 0.29) is 0 Å². The highest BCUT2D eigenvalue weighted by Crippen LogP contribution is 1.70. The monoisotopic (exact) mass is 99.1 g/mol. The summed E-state index contributed by atoms with van der Waals surface area (Å²) in [5, 5.41) is 6.81. The summed E-state index contributed by atoms with van der Waals surface area (Å²) in [6.07, 6.45) is 0. The third kappa shape index (κ3) is 3.12. The van der Waals surface area contributed by atoms with Gasteiger partial charge in [-0.15, -0.1) is 0 Å². The van der Waals surface area contributed by atoms with Crippen molar-refractivity contribution in [1.82, 2.24) is 0 Å². The zero-order chi connectivity index (χ0) is 5.70. The fraction of sp³-hybridized carbons (Fsp3) is 0.500. The van der Waals surface area contributed by atoms with Crippen LogP contribution in [0.5, 0.6) is 0 Å². The Morgan fingerprint density at radius 3 is 2.57 bits per heavy atom. The average molecular weight is 99.1 g/mol. The van der Waals surface area contributed by atoms with E-state index in [1.165, 1.54) is 0 Å². The molecule has 3 nitrogen and oxygen atoms in total. The van der Waals surface area contributed by atoms with Crippen LogP contribution < -0.4 is 5.73 Å². The van der Waals surface area contributed by atoms with Crippen LogP contribution in [0.3, 0.4) is 0 Å². The first kappa shape index (κ1) is 6.30. The maximum absolute atomic E-state index is 5.14. The molecular formula is C4H9N3. The van der Waals surface area contributed by atoms with E-state index in [4.69, 9.17) is 5.73 Å². The summed E-state index contributed by atoms with van der Waals surface area (Å²) in [5.74, 6) is 0. The van der Waals surface area contributed by atoms with Crippen LogP contribution in [0.4, 0.5) is 0 Å². The van der Waals surface area contributed by atoms with Gasteiger partial charge in [0.25, 0.3) is 0 Å². The molecule has 0 amide bonds. The van der Waals surface area contributed by atoms with Crippen molar-refractivity contribution in [2.24, 2.45) is 15.9 Å². The summed E-state index contributed by atoms with van der Waals surface area (Å²) in [7, 11) is 0. The molecule has 7 heavy (non-hydrogen) atoms. The second kappa shape index (κ2) is 3.49. The topological polar surface area (TPSA) is 50.7 Å². The molecule has 0 aliphatic rings. The lowest BCUT2D eigenvalue weighted by Gasteiger charge is -1.84. The van der Waals surface area contributed by atoms with Crippen molar-refractivity contribution in [3.63, 3.8) is 0 Å². The standard InChI is InChI=1S/C4H9N3/c1-4(3-5)7-6-2/h2-3,5H2,1H3/b7-4+. The Bertz CT molecular complexity index is 84.9. The molecule has 0 aliphatic heterocycles. The molecule has 0 saturated carbocycles. The van der Waals surface area contributed by atoms with Gasteiger partial charge in [-0.2, -0.15) is 10.2 Å². The van der Waals surface area contributed by atoms with Crippen molar-refractivity contribution < 1.29 is 0 Å². The lowest BCUT2D eigenvalue weighted by Crippen LogP contribution is -2.08. The zero-order valence-electron chi connectivity index (χ0n) is 4.39. The smallest absolute Gasteiger partial charge is 0.0510 e. The highest BCUT2D eigenvalue weighted by atomic mass is 15.2. The fourth-order valence-corrected chi connectivity index (χ4v) is 0.162. The molecule has 0 aliphatic carbocycles. The predicted molar refractivity (Wildman–Crippen MR) is 31.7 cm³/mol. The first-order valence-corrected chi connectivity index (χ1v) is 2.00. The number of rotatable bonds is 2. The van der Waals surface area contributed by atoms with Crippen LogP contribution in [0, 0.1) is 0 Å². The normalized spacial score (nSPS) is 11.4. The van der Waals surface area contributed by atoms with Crippen LogP contribution in [0.15, 0.2) is 10.2 Å². The maximum atomic E-state index is 5.14. The zero-order valence-corrected chi connectivity index (χ0v) is 4.39. The summed E-state index contributed by atoms with van der Waals surface area (Å²) in [5.41, 5.74) is 5.94. The first-order chi connectivity index (χ1) is 3.31. The van der Waals surface area contributed by atoms with E-state index in [2.05, 4.69) is 16.9 Å². The molecule has 0 aromatic rings. The second-order valence-electron chi connectivity index (χ2n) is 1.18. The summed E-state index contributed by atoms with van der Waals surface area (Å²) in [4.78, 5) is 0. The molecule has 0 fully saturated rings. The maximum Gasteiger partial charge on any atom is 0.0510 e. The Kier molecular flexibility index (Phi) is 3.14. The highest BCUT2D eigenvalue weighted by molar-refractivity contribution is 5.83. The Balaban J connectivity index is 3.49. The van der Waals surface area contributed by atoms with Crippen LogP contribution in [0.25, 0.3) is 0 Å². The molecule has 0 aromatic carbocycles. The van der Waals surface area contributed by atoms with Gasteiger partial charge in [0.15, 0.2) is 0 Å². The van der Waals surface area contributed by atoms with Gasteiger partial charge < -0.3 is 5.73 Å². The molecule has 0 heterocycles. The molecule has 40 valence electrons. The van der Waals surface area contributed by atoms with Crippen LogP contribution >= 0.6 is 0 Å². The van der Waals surface area contributed by atoms with E-state index in [9.17, 15) is 0 Å². The summed E-state index contributed by atoms with van der Waals surface area (Å²) >= 11 is 0. The Hall–Kier alpha value is -0.700. The molecule has 0 radical (unpaired) electrons. The average Bonchev–Trinajstić information content (AvgIpc) is 1.68. The van der Waals surface area contributed by atoms with Gasteiger partial charge in [0, 0.05) is 13.3 Å². The van der Waals surface area contributed by atoms with Crippen LogP contribution in [-0.4, -0.2) is 19.0 Å². The minimum absolute atomic E-state index is 0.457. The largest absolute Gasteiger partial charge is 0.325 e. The summed E-state index contributed by atoms with van der Waals surface area (Å²) < 4.78 is 0. The van der Waals surface area contributed by atoms with Crippen LogP contribution in [-0.2, 0) is 0 Å². The SMILES string of the molecule is C=N/N=C(\C)CN. The van der Waals surface area contributed by atoms with E-state index in [1.54, 1.807) is 6.92 Å². The van der Waals surface area contributed by atoms with E-state index >= 15 is 0 Å². The van der Waals surface area contributed by atoms with E-state index in [0.29, 0.717) is 6.54 Å². The van der Waals surface area contributed by atoms with Gasteiger partial charge in [0.05, 0.1) is 5.71 Å². The van der Waals surface area contributed by atoms with E-state index in [0.717, 1.165) is 5.71 Å². The molecule has 0 bridgehead atoms. The van der Waals surface area contributed by atoms with Crippen LogP contribution in [0.1, 0.15) is 6.92 Å². The van der Waals surface area contributed by atoms with E-state index < -0.39 is 0 Å². The van der Waals surface area contributed by atoms with Gasteiger partial charge in [0.2, 0.25) is 0 Å². The molecule has 0 unspecified atom stereocenters. The van der Waals surface area contributed by atoms with Gasteiger partial charge in [-0.05, 0) is 6.92 Å². The molecule has 0 spiro atoms. The Morgan fingerprint density at radius 2 is 2.43 bits per heavy atom. The number of hydrogen-bond acceptors (Lipinski definition) is 3. The van der Waals surface area contributed by atoms with Crippen molar-refractivity contribution in [2.75, 3.05) is 6.54 Å². The molecule has 3 heteroatoms. The van der Waals surface area contributed by atoms with Crippen LogP contribution in [0.2, 0.25) is 0 Å². The first-order valence-electron chi connectivity index (χ1n) is 2.00. The Morgan fingerprint density at radius 1 is 1.86 bits per heavy atom. The second-order valence-corrected chi connectivity index (χ2v) is 1.18. The summed E-state index contributed by atoms with van der Waals surface area (Å²) in [6.45, 7) is 5.41. The molecule has 0 rings (SSSR count). The molecule has 0 atom stereocenters. The van der Waals surface area contributed by atoms with Crippen molar-refractivity contribution in [2.45, 2.75) is 6.92 Å². The van der Waals surface area contributed by atoms with Crippen molar-refractivity contribution in [3.05, 3.63) is 0 Å². The lowest BCUT2D eigenvalue weighted by molar-refractivity contribution is 1.19. The lowest BCUT2D eigenvalue weighted by atomic mass is 10.4. The van der Waals surface area contributed by atoms with Gasteiger partial charge >= 0.3 is 0 Å². The number of nitrogens with zero attached hydrogens (tertiary/aromatic N) is 2. The third-order valence-corrected chi connectivity index (χ3v) is 0.537. The number of nitrogens with two attached hydrogens (primary N) is 1. The fourth-order valence-electron chi connectivity index (χ4n) is 0.162. The summed E-state index contributed by atoms with van der Waals surface area (Å²) in [6, 6.07) is 0. The predicted octanol–water partition coefficient (Wildman–Crippen LogP) is 0.0216. The molecule has 0 saturated heterocycles. The molecular weight excluding hydrogens is 90.1 g/mol. The van der Waals surface area contributed by atoms with Crippen molar-refractivity contribution >= 4 is 12.4 Å². The van der Waals surface area contributed by atoms with Gasteiger partial charge in [0.1, 0.15) is 0 Å². The number of hydrogen-bond donors (Lipinski definition) is 1. The Labute approximate surface area is 42.9 Å². The minimum Gasteiger partial charge on any atom is -0.325 e. The van der Waals surface area contributed by atoms with Gasteiger partial charge in [-0.3, -0.25) is 0 Å². The molecule has 0 aromatic heterocycles. The highest BCUT2D eigenvalue weighted by Gasteiger charge is 1.78.